The fourth-order valence-electron chi connectivity index (χ4n) is 2.65. The van der Waals surface area contributed by atoms with E-state index in [2.05, 4.69) is 15.6 Å². The van der Waals surface area contributed by atoms with Crippen LogP contribution in [0, 0.1) is 12.3 Å². The van der Waals surface area contributed by atoms with E-state index in [4.69, 9.17) is 0 Å². The number of carbonyl (C=O) groups is 1. The third kappa shape index (κ3) is 3.36. The quantitative estimate of drug-likeness (QED) is 0.890. The molecule has 0 bridgehead atoms. The van der Waals surface area contributed by atoms with Crippen molar-refractivity contribution in [1.29, 1.82) is 0 Å². The van der Waals surface area contributed by atoms with Crippen molar-refractivity contribution in [3.8, 4) is 0 Å². The number of halogens is 1. The molecule has 0 radical (unpaired) electrons. The first kappa shape index (κ1) is 16.2. The number of anilines is 1. The molecule has 1 aromatic carbocycles. The summed E-state index contributed by atoms with van der Waals surface area (Å²) >= 11 is 1.65. The first-order chi connectivity index (χ1) is 9.57. The lowest BCUT2D eigenvalue weighted by Gasteiger charge is -2.32. The molecule has 2 aromatic rings. The molecule has 1 amide bonds. The molecule has 0 saturated carbocycles. The fraction of sp³-hybridized carbons (Fsp3) is 0.467. The van der Waals surface area contributed by atoms with Crippen LogP contribution in [0.25, 0.3) is 10.2 Å². The summed E-state index contributed by atoms with van der Waals surface area (Å²) in [5.41, 5.74) is 1.55. The van der Waals surface area contributed by atoms with E-state index in [-0.39, 0.29) is 23.7 Å². The van der Waals surface area contributed by atoms with Crippen LogP contribution in [-0.4, -0.2) is 24.0 Å². The minimum atomic E-state index is -0.309. The molecule has 3 rings (SSSR count). The Morgan fingerprint density at radius 2 is 2.29 bits per heavy atom. The van der Waals surface area contributed by atoms with E-state index < -0.39 is 0 Å². The van der Waals surface area contributed by atoms with Gasteiger partial charge >= 0.3 is 0 Å². The van der Waals surface area contributed by atoms with Gasteiger partial charge in [0.05, 0.1) is 20.6 Å². The SMILES string of the molecule is Cc1nc2ccc(NC(=O)C3(C)CCCNC3)cc2s1.Cl. The van der Waals surface area contributed by atoms with E-state index >= 15 is 0 Å². The third-order valence-corrected chi connectivity index (χ3v) is 4.83. The Hall–Kier alpha value is -1.17. The number of nitrogens with zero attached hydrogens (tertiary/aromatic N) is 1. The number of piperidine rings is 1. The maximum absolute atomic E-state index is 12.5. The van der Waals surface area contributed by atoms with Gasteiger partial charge in [-0.05, 0) is 51.4 Å². The molecular weight excluding hydrogens is 306 g/mol. The number of carbonyl (C=O) groups excluding carboxylic acids is 1. The molecule has 0 spiro atoms. The lowest BCUT2D eigenvalue weighted by molar-refractivity contribution is -0.125. The van der Waals surface area contributed by atoms with Gasteiger partial charge in [0.15, 0.2) is 0 Å². The number of hydrogen-bond acceptors (Lipinski definition) is 4. The Morgan fingerprint density at radius 3 is 3.00 bits per heavy atom. The molecular formula is C15H20ClN3OS. The van der Waals surface area contributed by atoms with Crippen LogP contribution in [0.15, 0.2) is 18.2 Å². The van der Waals surface area contributed by atoms with Gasteiger partial charge in [0.25, 0.3) is 0 Å². The number of aryl methyl sites for hydroxylation is 1. The van der Waals surface area contributed by atoms with E-state index in [1.165, 1.54) is 0 Å². The highest BCUT2D eigenvalue weighted by Gasteiger charge is 2.34. The Morgan fingerprint density at radius 1 is 1.48 bits per heavy atom. The monoisotopic (exact) mass is 325 g/mol. The Kier molecular flexibility index (Phi) is 4.86. The number of amides is 1. The standard InChI is InChI=1S/C15H19N3OS.ClH/c1-10-17-12-5-4-11(8-13(12)20-10)18-14(19)15(2)6-3-7-16-9-15;/h4-5,8,16H,3,6-7,9H2,1-2H3,(H,18,19);1H. The molecule has 4 nitrogen and oxygen atoms in total. The Bertz CT molecular complexity index is 649. The van der Waals surface area contributed by atoms with Crippen molar-refractivity contribution in [2.45, 2.75) is 26.7 Å². The van der Waals surface area contributed by atoms with Crippen LogP contribution in [0.2, 0.25) is 0 Å². The highest BCUT2D eigenvalue weighted by atomic mass is 35.5. The van der Waals surface area contributed by atoms with Crippen molar-refractivity contribution in [3.63, 3.8) is 0 Å². The maximum Gasteiger partial charge on any atom is 0.231 e. The molecule has 21 heavy (non-hydrogen) atoms. The van der Waals surface area contributed by atoms with Crippen molar-refractivity contribution in [1.82, 2.24) is 10.3 Å². The second kappa shape index (κ2) is 6.30. The number of benzene rings is 1. The van der Waals surface area contributed by atoms with Crippen molar-refractivity contribution < 1.29 is 4.79 Å². The van der Waals surface area contributed by atoms with Crippen LogP contribution in [0.1, 0.15) is 24.8 Å². The number of hydrogen-bond donors (Lipinski definition) is 2. The van der Waals surface area contributed by atoms with Crippen LogP contribution in [0.3, 0.4) is 0 Å². The third-order valence-electron chi connectivity index (χ3n) is 3.90. The second-order valence-electron chi connectivity index (χ2n) is 5.71. The fourth-order valence-corrected chi connectivity index (χ4v) is 3.52. The van der Waals surface area contributed by atoms with E-state index in [1.807, 2.05) is 32.0 Å². The number of thiazole rings is 1. The summed E-state index contributed by atoms with van der Waals surface area (Å²) in [5, 5.41) is 7.41. The summed E-state index contributed by atoms with van der Waals surface area (Å²) in [4.78, 5) is 16.9. The van der Waals surface area contributed by atoms with E-state index in [0.717, 1.165) is 46.8 Å². The zero-order valence-corrected chi connectivity index (χ0v) is 13.9. The molecule has 1 aliphatic rings. The summed E-state index contributed by atoms with van der Waals surface area (Å²) < 4.78 is 1.12. The predicted molar refractivity (Wildman–Crippen MR) is 90.4 cm³/mol. The molecule has 0 aliphatic carbocycles. The number of fused-ring (bicyclic) bond motifs is 1. The molecule has 1 saturated heterocycles. The topological polar surface area (TPSA) is 54.0 Å². The summed E-state index contributed by atoms with van der Waals surface area (Å²) in [7, 11) is 0. The summed E-state index contributed by atoms with van der Waals surface area (Å²) in [6.45, 7) is 5.79. The Balaban J connectivity index is 0.00000161. The van der Waals surface area contributed by atoms with Gasteiger partial charge in [-0.1, -0.05) is 0 Å². The van der Waals surface area contributed by atoms with Crippen molar-refractivity contribution in [2.75, 3.05) is 18.4 Å². The summed E-state index contributed by atoms with van der Waals surface area (Å²) in [5.74, 6) is 0.102. The van der Waals surface area contributed by atoms with Crippen LogP contribution in [-0.2, 0) is 4.79 Å². The minimum Gasteiger partial charge on any atom is -0.326 e. The lowest BCUT2D eigenvalue weighted by atomic mass is 9.82. The van der Waals surface area contributed by atoms with Gasteiger partial charge in [-0.15, -0.1) is 23.7 Å². The van der Waals surface area contributed by atoms with Gasteiger partial charge in [0.2, 0.25) is 5.91 Å². The largest absolute Gasteiger partial charge is 0.326 e. The summed E-state index contributed by atoms with van der Waals surface area (Å²) in [6.07, 6.45) is 1.99. The van der Waals surface area contributed by atoms with Crippen molar-refractivity contribution in [3.05, 3.63) is 23.2 Å². The highest BCUT2D eigenvalue weighted by molar-refractivity contribution is 7.18. The smallest absolute Gasteiger partial charge is 0.231 e. The van der Waals surface area contributed by atoms with Crippen LogP contribution < -0.4 is 10.6 Å². The van der Waals surface area contributed by atoms with Gasteiger partial charge in [-0.2, -0.15) is 0 Å². The molecule has 114 valence electrons. The van der Waals surface area contributed by atoms with Crippen molar-refractivity contribution >= 4 is 45.6 Å². The molecule has 1 aromatic heterocycles. The first-order valence-electron chi connectivity index (χ1n) is 6.96. The first-order valence-corrected chi connectivity index (χ1v) is 7.78. The normalized spacial score (nSPS) is 21.8. The average molecular weight is 326 g/mol. The van der Waals surface area contributed by atoms with E-state index in [9.17, 15) is 4.79 Å². The lowest BCUT2D eigenvalue weighted by Crippen LogP contribution is -2.46. The van der Waals surface area contributed by atoms with Crippen LogP contribution in [0.5, 0.6) is 0 Å². The predicted octanol–water partition coefficient (Wildman–Crippen LogP) is 3.35. The summed E-state index contributed by atoms with van der Waals surface area (Å²) in [6, 6.07) is 5.91. The minimum absolute atomic E-state index is 0. The molecule has 1 unspecified atom stereocenters. The molecule has 6 heteroatoms. The zero-order valence-electron chi connectivity index (χ0n) is 12.2. The number of nitrogens with one attached hydrogen (secondary N) is 2. The molecule has 1 fully saturated rings. The molecule has 1 atom stereocenters. The van der Waals surface area contributed by atoms with Gasteiger partial charge in [0, 0.05) is 12.2 Å². The van der Waals surface area contributed by atoms with Crippen LogP contribution >= 0.6 is 23.7 Å². The molecule has 1 aliphatic heterocycles. The Labute approximate surface area is 134 Å². The van der Waals surface area contributed by atoms with Gasteiger partial charge in [0.1, 0.15) is 0 Å². The van der Waals surface area contributed by atoms with E-state index in [1.54, 1.807) is 11.3 Å². The van der Waals surface area contributed by atoms with Gasteiger partial charge in [-0.25, -0.2) is 4.98 Å². The second-order valence-corrected chi connectivity index (χ2v) is 6.95. The highest BCUT2D eigenvalue weighted by Crippen LogP contribution is 2.29. The van der Waals surface area contributed by atoms with Crippen molar-refractivity contribution in [2.24, 2.45) is 5.41 Å². The van der Waals surface area contributed by atoms with Gasteiger partial charge < -0.3 is 10.6 Å². The number of aromatic nitrogens is 1. The average Bonchev–Trinajstić information content (AvgIpc) is 2.79. The molecule has 2 heterocycles. The van der Waals surface area contributed by atoms with Gasteiger partial charge in [-0.3, -0.25) is 4.79 Å². The van der Waals surface area contributed by atoms with Crippen LogP contribution in [0.4, 0.5) is 5.69 Å². The van der Waals surface area contributed by atoms with E-state index in [0.29, 0.717) is 0 Å². The maximum atomic E-state index is 12.5. The number of rotatable bonds is 2. The molecule has 2 N–H and O–H groups in total. The zero-order chi connectivity index (χ0) is 14.2.